The molecule has 2 aliphatic heterocycles. The number of fused-ring (bicyclic) bond motifs is 1. The van der Waals surface area contributed by atoms with Crippen LogP contribution in [0.25, 0.3) is 0 Å². The number of hydrogen-bond acceptors (Lipinski definition) is 5. The molecule has 5 heteroatoms. The van der Waals surface area contributed by atoms with E-state index in [2.05, 4.69) is 20.2 Å². The largest absolute Gasteiger partial charge is 0.467 e. The van der Waals surface area contributed by atoms with Crippen LogP contribution < -0.4 is 15.0 Å². The molecule has 1 aromatic rings. The van der Waals surface area contributed by atoms with Gasteiger partial charge < -0.3 is 15.0 Å². The van der Waals surface area contributed by atoms with Crippen LogP contribution in [0.1, 0.15) is 24.1 Å². The number of hydrogen-bond donors (Lipinski definition) is 1. The Labute approximate surface area is 108 Å². The summed E-state index contributed by atoms with van der Waals surface area (Å²) in [7, 11) is 1.64. The zero-order valence-corrected chi connectivity index (χ0v) is 10.9. The summed E-state index contributed by atoms with van der Waals surface area (Å²) in [4.78, 5) is 11.5. The van der Waals surface area contributed by atoms with Gasteiger partial charge in [-0.25, -0.2) is 0 Å². The molecule has 0 spiro atoms. The van der Waals surface area contributed by atoms with Crippen molar-refractivity contribution in [1.29, 1.82) is 0 Å². The first kappa shape index (κ1) is 11.7. The van der Waals surface area contributed by atoms with Crippen molar-refractivity contribution in [2.45, 2.75) is 25.7 Å². The maximum Gasteiger partial charge on any atom is 0.318 e. The van der Waals surface area contributed by atoms with Crippen molar-refractivity contribution < 1.29 is 4.74 Å². The Hall–Kier alpha value is -1.36. The predicted molar refractivity (Wildman–Crippen MR) is 70.3 cm³/mol. The minimum Gasteiger partial charge on any atom is -0.467 e. The van der Waals surface area contributed by atoms with Gasteiger partial charge in [0.05, 0.1) is 12.8 Å². The van der Waals surface area contributed by atoms with E-state index in [0.29, 0.717) is 6.01 Å². The van der Waals surface area contributed by atoms with Gasteiger partial charge in [-0.1, -0.05) is 0 Å². The van der Waals surface area contributed by atoms with E-state index in [1.807, 2.05) is 0 Å². The predicted octanol–water partition coefficient (Wildman–Crippen LogP) is 0.774. The SMILES string of the molecule is COc1nc2c(c(N3CCCC3)n1)CCNCC2. The molecule has 18 heavy (non-hydrogen) atoms. The molecule has 0 aromatic carbocycles. The van der Waals surface area contributed by atoms with Crippen LogP contribution in [-0.2, 0) is 12.8 Å². The molecule has 1 fully saturated rings. The second kappa shape index (κ2) is 5.10. The van der Waals surface area contributed by atoms with Crippen LogP contribution in [0.4, 0.5) is 5.82 Å². The summed E-state index contributed by atoms with van der Waals surface area (Å²) in [5, 5.41) is 3.42. The van der Waals surface area contributed by atoms with Crippen molar-refractivity contribution in [3.05, 3.63) is 11.3 Å². The number of methoxy groups -OCH3 is 1. The van der Waals surface area contributed by atoms with E-state index in [1.54, 1.807) is 7.11 Å². The highest BCUT2D eigenvalue weighted by atomic mass is 16.5. The molecular formula is C13H20N4O. The third kappa shape index (κ3) is 2.14. The third-order valence-corrected chi connectivity index (χ3v) is 3.73. The van der Waals surface area contributed by atoms with Crippen molar-refractivity contribution >= 4 is 5.82 Å². The monoisotopic (exact) mass is 248 g/mol. The Balaban J connectivity index is 2.03. The van der Waals surface area contributed by atoms with Crippen molar-refractivity contribution in [2.24, 2.45) is 0 Å². The average Bonchev–Trinajstić information content (AvgIpc) is 2.82. The summed E-state index contributed by atoms with van der Waals surface area (Å²) < 4.78 is 5.25. The highest BCUT2D eigenvalue weighted by Crippen LogP contribution is 2.27. The number of rotatable bonds is 2. The van der Waals surface area contributed by atoms with Gasteiger partial charge in [0.25, 0.3) is 0 Å². The summed E-state index contributed by atoms with van der Waals surface area (Å²) in [6.45, 7) is 4.23. The zero-order valence-electron chi connectivity index (χ0n) is 10.9. The first-order valence-electron chi connectivity index (χ1n) is 6.78. The van der Waals surface area contributed by atoms with Crippen LogP contribution in [0.2, 0.25) is 0 Å². The van der Waals surface area contributed by atoms with Crippen LogP contribution in [0.15, 0.2) is 0 Å². The molecule has 98 valence electrons. The van der Waals surface area contributed by atoms with E-state index in [9.17, 15) is 0 Å². The van der Waals surface area contributed by atoms with E-state index < -0.39 is 0 Å². The van der Waals surface area contributed by atoms with Gasteiger partial charge in [0.15, 0.2) is 0 Å². The van der Waals surface area contributed by atoms with Gasteiger partial charge in [0.2, 0.25) is 0 Å². The molecule has 0 unspecified atom stereocenters. The number of nitrogens with one attached hydrogen (secondary N) is 1. The lowest BCUT2D eigenvalue weighted by Crippen LogP contribution is -2.22. The van der Waals surface area contributed by atoms with Crippen LogP contribution >= 0.6 is 0 Å². The van der Waals surface area contributed by atoms with Gasteiger partial charge in [-0.05, 0) is 25.8 Å². The van der Waals surface area contributed by atoms with E-state index in [-0.39, 0.29) is 0 Å². The lowest BCUT2D eigenvalue weighted by molar-refractivity contribution is 0.377. The van der Waals surface area contributed by atoms with E-state index in [0.717, 1.165) is 50.5 Å². The van der Waals surface area contributed by atoms with E-state index in [1.165, 1.54) is 18.4 Å². The number of ether oxygens (including phenoxy) is 1. The Kier molecular flexibility index (Phi) is 3.32. The fourth-order valence-corrected chi connectivity index (χ4v) is 2.78. The molecule has 1 aromatic heterocycles. The highest BCUT2D eigenvalue weighted by molar-refractivity contribution is 5.51. The van der Waals surface area contributed by atoms with Gasteiger partial charge in [0.1, 0.15) is 5.82 Å². The fraction of sp³-hybridized carbons (Fsp3) is 0.692. The summed E-state index contributed by atoms with van der Waals surface area (Å²) in [5.74, 6) is 1.11. The minimum absolute atomic E-state index is 0.512. The molecular weight excluding hydrogens is 228 g/mol. The quantitative estimate of drug-likeness (QED) is 0.838. The van der Waals surface area contributed by atoms with E-state index in [4.69, 9.17) is 4.74 Å². The third-order valence-electron chi connectivity index (χ3n) is 3.73. The molecule has 0 atom stereocenters. The average molecular weight is 248 g/mol. The summed E-state index contributed by atoms with van der Waals surface area (Å²) in [6.07, 6.45) is 4.51. The topological polar surface area (TPSA) is 50.3 Å². The second-order valence-corrected chi connectivity index (χ2v) is 4.90. The minimum atomic E-state index is 0.512. The van der Waals surface area contributed by atoms with Crippen molar-refractivity contribution in [3.8, 4) is 6.01 Å². The van der Waals surface area contributed by atoms with Gasteiger partial charge in [-0.15, -0.1) is 0 Å². The zero-order chi connectivity index (χ0) is 12.4. The number of anilines is 1. The Morgan fingerprint density at radius 2 is 1.89 bits per heavy atom. The second-order valence-electron chi connectivity index (χ2n) is 4.90. The van der Waals surface area contributed by atoms with Gasteiger partial charge >= 0.3 is 6.01 Å². The van der Waals surface area contributed by atoms with Gasteiger partial charge in [0, 0.05) is 31.6 Å². The maximum absolute atomic E-state index is 5.25. The van der Waals surface area contributed by atoms with Crippen molar-refractivity contribution in [3.63, 3.8) is 0 Å². The number of nitrogens with zero attached hydrogens (tertiary/aromatic N) is 3. The molecule has 3 heterocycles. The molecule has 5 nitrogen and oxygen atoms in total. The summed E-state index contributed by atoms with van der Waals surface area (Å²) >= 11 is 0. The standard InChI is InChI=1S/C13H20N4O/c1-18-13-15-11-5-7-14-6-4-10(11)12(16-13)17-8-2-3-9-17/h14H,2-9H2,1H3. The summed E-state index contributed by atoms with van der Waals surface area (Å²) in [6, 6.07) is 0.512. The Bertz CT molecular complexity index is 429. The molecule has 3 rings (SSSR count). The summed E-state index contributed by atoms with van der Waals surface area (Å²) in [5.41, 5.74) is 2.48. The number of aromatic nitrogens is 2. The van der Waals surface area contributed by atoms with Gasteiger partial charge in [-0.3, -0.25) is 0 Å². The van der Waals surface area contributed by atoms with Crippen molar-refractivity contribution in [2.75, 3.05) is 38.2 Å². The first-order chi connectivity index (χ1) is 8.88. The molecule has 2 aliphatic rings. The van der Waals surface area contributed by atoms with Crippen LogP contribution in [0, 0.1) is 0 Å². The lowest BCUT2D eigenvalue weighted by atomic mass is 10.1. The lowest BCUT2D eigenvalue weighted by Gasteiger charge is -2.21. The maximum atomic E-state index is 5.25. The molecule has 1 saturated heterocycles. The molecule has 0 bridgehead atoms. The first-order valence-corrected chi connectivity index (χ1v) is 6.78. The molecule has 0 saturated carbocycles. The van der Waals surface area contributed by atoms with Crippen molar-refractivity contribution in [1.82, 2.24) is 15.3 Å². The highest BCUT2D eigenvalue weighted by Gasteiger charge is 2.22. The fourth-order valence-electron chi connectivity index (χ4n) is 2.78. The molecule has 0 radical (unpaired) electrons. The van der Waals surface area contributed by atoms with E-state index >= 15 is 0 Å². The Morgan fingerprint density at radius 1 is 1.11 bits per heavy atom. The molecule has 0 amide bonds. The Morgan fingerprint density at radius 3 is 2.67 bits per heavy atom. The van der Waals surface area contributed by atoms with Gasteiger partial charge in [-0.2, -0.15) is 9.97 Å². The van der Waals surface area contributed by atoms with Crippen LogP contribution in [0.5, 0.6) is 6.01 Å². The normalized spacial score (nSPS) is 19.5. The molecule has 0 aliphatic carbocycles. The smallest absolute Gasteiger partial charge is 0.318 e. The van der Waals surface area contributed by atoms with Crippen LogP contribution in [-0.4, -0.2) is 43.3 Å². The van der Waals surface area contributed by atoms with Crippen LogP contribution in [0.3, 0.4) is 0 Å². The molecule has 1 N–H and O–H groups in total.